The van der Waals surface area contributed by atoms with Crippen molar-refractivity contribution in [1.29, 1.82) is 0 Å². The lowest BCUT2D eigenvalue weighted by Gasteiger charge is -2.25. The van der Waals surface area contributed by atoms with Gasteiger partial charge in [0.25, 0.3) is 0 Å². The molecule has 0 fully saturated rings. The lowest BCUT2D eigenvalue weighted by Crippen LogP contribution is -2.32. The summed E-state index contributed by atoms with van der Waals surface area (Å²) in [6.45, 7) is 12.9. The average molecular weight is 277 g/mol. The maximum Gasteiger partial charge on any atom is 0.0694 e. The zero-order valence-electron chi connectivity index (χ0n) is 13.9. The molecule has 0 saturated carbocycles. The Hall–Kier alpha value is -0.860. The molecule has 0 heterocycles. The lowest BCUT2D eigenvalue weighted by atomic mass is 9.81. The van der Waals surface area contributed by atoms with Crippen molar-refractivity contribution in [3.63, 3.8) is 0 Å². The number of benzene rings is 1. The van der Waals surface area contributed by atoms with Crippen molar-refractivity contribution in [2.75, 3.05) is 0 Å². The highest BCUT2D eigenvalue weighted by atomic mass is 16.3. The van der Waals surface area contributed by atoms with Crippen LogP contribution in [0.25, 0.3) is 0 Å². The van der Waals surface area contributed by atoms with Gasteiger partial charge < -0.3 is 10.8 Å². The zero-order valence-corrected chi connectivity index (χ0v) is 13.9. The third-order valence-corrected chi connectivity index (χ3v) is 4.13. The first-order valence-electron chi connectivity index (χ1n) is 7.73. The van der Waals surface area contributed by atoms with E-state index in [0.717, 1.165) is 12.8 Å². The molecule has 0 spiro atoms. The molecular weight excluding hydrogens is 246 g/mol. The Labute approximate surface area is 124 Å². The first-order chi connectivity index (χ1) is 9.16. The zero-order chi connectivity index (χ0) is 15.5. The summed E-state index contributed by atoms with van der Waals surface area (Å²) in [4.78, 5) is 0. The first kappa shape index (κ1) is 17.2. The predicted molar refractivity (Wildman–Crippen MR) is 87.2 cm³/mol. The highest BCUT2D eigenvalue weighted by molar-refractivity contribution is 5.37. The molecule has 2 nitrogen and oxygen atoms in total. The monoisotopic (exact) mass is 277 g/mol. The fourth-order valence-electron chi connectivity index (χ4n) is 2.55. The Morgan fingerprint density at radius 2 is 1.80 bits per heavy atom. The Balaban J connectivity index is 3.07. The number of aliphatic hydroxyl groups excluding tert-OH is 1. The van der Waals surface area contributed by atoms with E-state index in [2.05, 4.69) is 52.8 Å². The summed E-state index contributed by atoms with van der Waals surface area (Å²) in [7, 11) is 0. The molecule has 3 N–H and O–H groups in total. The van der Waals surface area contributed by atoms with E-state index in [1.165, 1.54) is 16.7 Å². The minimum Gasteiger partial charge on any atom is -0.392 e. The second-order valence-electron chi connectivity index (χ2n) is 7.08. The van der Waals surface area contributed by atoms with Crippen LogP contribution in [0.3, 0.4) is 0 Å². The van der Waals surface area contributed by atoms with E-state index < -0.39 is 6.10 Å². The van der Waals surface area contributed by atoms with Crippen LogP contribution in [0.4, 0.5) is 0 Å². The highest BCUT2D eigenvalue weighted by Crippen LogP contribution is 2.31. The molecule has 1 aromatic carbocycles. The molecule has 0 aliphatic carbocycles. The Bertz CT molecular complexity index is 432. The van der Waals surface area contributed by atoms with Gasteiger partial charge in [-0.2, -0.15) is 0 Å². The Morgan fingerprint density at radius 3 is 2.25 bits per heavy atom. The number of nitrogens with two attached hydrogens (primary N) is 1. The van der Waals surface area contributed by atoms with Crippen LogP contribution in [0, 0.1) is 0 Å². The molecule has 3 atom stereocenters. The van der Waals surface area contributed by atoms with Crippen molar-refractivity contribution >= 4 is 0 Å². The van der Waals surface area contributed by atoms with Gasteiger partial charge in [-0.15, -0.1) is 0 Å². The molecule has 114 valence electrons. The van der Waals surface area contributed by atoms with Gasteiger partial charge in [0.15, 0.2) is 0 Å². The van der Waals surface area contributed by atoms with E-state index in [1.54, 1.807) is 0 Å². The number of aryl methyl sites for hydroxylation is 1. The largest absolute Gasteiger partial charge is 0.392 e. The molecule has 1 rings (SSSR count). The Morgan fingerprint density at radius 1 is 1.20 bits per heavy atom. The van der Waals surface area contributed by atoms with Crippen molar-refractivity contribution in [3.8, 4) is 0 Å². The van der Waals surface area contributed by atoms with Crippen molar-refractivity contribution in [1.82, 2.24) is 0 Å². The summed E-state index contributed by atoms with van der Waals surface area (Å²) in [6.07, 6.45) is 1.31. The van der Waals surface area contributed by atoms with E-state index in [-0.39, 0.29) is 11.5 Å². The van der Waals surface area contributed by atoms with Crippen LogP contribution in [0.2, 0.25) is 0 Å². The van der Waals surface area contributed by atoms with Gasteiger partial charge in [-0.25, -0.2) is 0 Å². The second-order valence-corrected chi connectivity index (χ2v) is 7.08. The number of rotatable bonds is 5. The fourth-order valence-corrected chi connectivity index (χ4v) is 2.55. The van der Waals surface area contributed by atoms with Crippen LogP contribution < -0.4 is 5.73 Å². The molecule has 0 aliphatic heterocycles. The van der Waals surface area contributed by atoms with E-state index in [0.29, 0.717) is 5.92 Å². The van der Waals surface area contributed by atoms with Gasteiger partial charge in [0.1, 0.15) is 0 Å². The summed E-state index contributed by atoms with van der Waals surface area (Å²) in [6, 6.07) is 6.62. The molecule has 1 aromatic rings. The van der Waals surface area contributed by atoms with Crippen LogP contribution in [-0.2, 0) is 11.8 Å². The number of aliphatic hydroxyl groups is 1. The fraction of sp³-hybridized carbons (Fsp3) is 0.667. The van der Waals surface area contributed by atoms with Crippen LogP contribution in [0.15, 0.2) is 18.2 Å². The minimum atomic E-state index is -0.437. The molecule has 0 radical (unpaired) electrons. The molecule has 0 aromatic heterocycles. The van der Waals surface area contributed by atoms with Crippen LogP contribution in [0.5, 0.6) is 0 Å². The third-order valence-electron chi connectivity index (χ3n) is 4.13. The molecule has 20 heavy (non-hydrogen) atoms. The molecule has 2 heteroatoms. The van der Waals surface area contributed by atoms with Crippen LogP contribution >= 0.6 is 0 Å². The predicted octanol–water partition coefficient (Wildman–Crippen LogP) is 3.75. The second kappa shape index (κ2) is 6.73. The SMILES string of the molecule is CCc1ccc(C(C)(C)C)cc1C(C)CC(O)C(C)N. The van der Waals surface area contributed by atoms with Gasteiger partial charge in [0.05, 0.1) is 6.10 Å². The van der Waals surface area contributed by atoms with E-state index in [9.17, 15) is 5.11 Å². The highest BCUT2D eigenvalue weighted by Gasteiger charge is 2.20. The first-order valence-corrected chi connectivity index (χ1v) is 7.73. The van der Waals surface area contributed by atoms with Crippen molar-refractivity contribution < 1.29 is 5.11 Å². The number of hydrogen-bond acceptors (Lipinski definition) is 2. The summed E-state index contributed by atoms with van der Waals surface area (Å²) >= 11 is 0. The number of hydrogen-bond donors (Lipinski definition) is 2. The van der Waals surface area contributed by atoms with Crippen molar-refractivity contribution in [2.24, 2.45) is 5.73 Å². The van der Waals surface area contributed by atoms with Crippen molar-refractivity contribution in [2.45, 2.75) is 77.9 Å². The standard InChI is InChI=1S/C18H31NO/c1-7-14-8-9-15(18(4,5)6)11-16(14)12(2)10-17(20)13(3)19/h8-9,11-13,17,20H,7,10,19H2,1-6H3. The average Bonchev–Trinajstić information content (AvgIpc) is 2.36. The topological polar surface area (TPSA) is 46.2 Å². The van der Waals surface area contributed by atoms with Gasteiger partial charge >= 0.3 is 0 Å². The van der Waals surface area contributed by atoms with Gasteiger partial charge in [0, 0.05) is 6.04 Å². The van der Waals surface area contributed by atoms with Gasteiger partial charge in [-0.1, -0.05) is 52.8 Å². The maximum atomic E-state index is 10.0. The van der Waals surface area contributed by atoms with Crippen molar-refractivity contribution in [3.05, 3.63) is 34.9 Å². The summed E-state index contributed by atoms with van der Waals surface area (Å²) in [5.41, 5.74) is 10.0. The van der Waals surface area contributed by atoms with Gasteiger partial charge in [0.2, 0.25) is 0 Å². The lowest BCUT2D eigenvalue weighted by molar-refractivity contribution is 0.134. The van der Waals surface area contributed by atoms with E-state index in [4.69, 9.17) is 5.73 Å². The molecule has 0 amide bonds. The normalized spacial score (nSPS) is 16.8. The molecular formula is C18H31NO. The smallest absolute Gasteiger partial charge is 0.0694 e. The van der Waals surface area contributed by atoms with Gasteiger partial charge in [-0.3, -0.25) is 0 Å². The molecule has 0 aliphatic rings. The van der Waals surface area contributed by atoms with Gasteiger partial charge in [-0.05, 0) is 47.8 Å². The quantitative estimate of drug-likeness (QED) is 0.861. The van der Waals surface area contributed by atoms with Crippen LogP contribution in [0.1, 0.15) is 70.6 Å². The summed E-state index contributed by atoms with van der Waals surface area (Å²) < 4.78 is 0. The minimum absolute atomic E-state index is 0.153. The molecule has 0 bridgehead atoms. The third kappa shape index (κ3) is 4.32. The maximum absolute atomic E-state index is 10.0. The molecule has 0 saturated heterocycles. The summed E-state index contributed by atoms with van der Waals surface area (Å²) in [5, 5.41) is 10.0. The molecule has 3 unspecified atom stereocenters. The van der Waals surface area contributed by atoms with Crippen LogP contribution in [-0.4, -0.2) is 17.3 Å². The summed E-state index contributed by atoms with van der Waals surface area (Å²) in [5.74, 6) is 0.327. The Kier molecular flexibility index (Phi) is 5.79. The van der Waals surface area contributed by atoms with E-state index in [1.807, 2.05) is 6.92 Å². The van der Waals surface area contributed by atoms with E-state index >= 15 is 0 Å².